The smallest absolute Gasteiger partial charge is 0.218 e. The molecule has 1 aromatic heterocycles. The first kappa shape index (κ1) is 21.7. The molecule has 0 saturated heterocycles. The predicted molar refractivity (Wildman–Crippen MR) is 116 cm³/mol. The summed E-state index contributed by atoms with van der Waals surface area (Å²) in [4.78, 5) is 8.58. The summed E-state index contributed by atoms with van der Waals surface area (Å²) in [5.41, 5.74) is 2.88. The fraction of sp³-hybridized carbons (Fsp3) is 0.238. The number of likely N-dealkylation sites (N-methyl/N-ethyl adjacent to an activating group) is 1. The van der Waals surface area contributed by atoms with Gasteiger partial charge in [-0.05, 0) is 29.8 Å². The van der Waals surface area contributed by atoms with Crippen LogP contribution in [0.25, 0.3) is 11.3 Å². The number of aromatic nitrogens is 2. The summed E-state index contributed by atoms with van der Waals surface area (Å²) in [6, 6.07) is 16.5. The van der Waals surface area contributed by atoms with Gasteiger partial charge >= 0.3 is 0 Å². The second kappa shape index (κ2) is 9.66. The number of anilines is 2. The van der Waals surface area contributed by atoms with Crippen LogP contribution < -0.4 is 10.1 Å². The average Bonchev–Trinajstić information content (AvgIpc) is 2.74. The number of aliphatic hydroxyl groups excluding tert-OH is 1. The van der Waals surface area contributed by atoms with Crippen LogP contribution in [0, 0.1) is 0 Å². The van der Waals surface area contributed by atoms with Crippen molar-refractivity contribution in [2.75, 3.05) is 32.6 Å². The molecule has 2 aromatic carbocycles. The van der Waals surface area contributed by atoms with Gasteiger partial charge in [0.25, 0.3) is 0 Å². The minimum absolute atomic E-state index is 0.0624. The quantitative estimate of drug-likeness (QED) is 0.540. The molecular weight excluding hydrogens is 404 g/mol. The first-order valence-electron chi connectivity index (χ1n) is 9.29. The van der Waals surface area contributed by atoms with E-state index in [9.17, 15) is 8.42 Å². The number of nitrogens with zero attached hydrogens (tertiary/aromatic N) is 3. The molecule has 0 saturated carbocycles. The average molecular weight is 429 g/mol. The van der Waals surface area contributed by atoms with Crippen molar-refractivity contribution in [1.29, 1.82) is 0 Å². The highest BCUT2D eigenvalue weighted by Crippen LogP contribution is 2.29. The molecule has 0 radical (unpaired) electrons. The Labute approximate surface area is 176 Å². The number of ether oxygens (including phenoxy) is 1. The van der Waals surface area contributed by atoms with E-state index >= 15 is 0 Å². The summed E-state index contributed by atoms with van der Waals surface area (Å²) in [7, 11) is -0.449. The summed E-state index contributed by atoms with van der Waals surface area (Å²) in [6.45, 7) is -0.160. The fourth-order valence-electron chi connectivity index (χ4n) is 2.92. The van der Waals surface area contributed by atoms with E-state index in [1.165, 1.54) is 13.4 Å². The molecule has 30 heavy (non-hydrogen) atoms. The summed E-state index contributed by atoms with van der Waals surface area (Å²) in [5, 5.41) is 12.2. The first-order valence-corrected chi connectivity index (χ1v) is 10.9. The molecule has 3 rings (SSSR count). The van der Waals surface area contributed by atoms with Gasteiger partial charge in [-0.25, -0.2) is 22.7 Å². The van der Waals surface area contributed by atoms with Crippen LogP contribution in [-0.4, -0.2) is 55.1 Å². The van der Waals surface area contributed by atoms with E-state index in [0.29, 0.717) is 28.5 Å². The lowest BCUT2D eigenvalue weighted by Gasteiger charge is -2.16. The van der Waals surface area contributed by atoms with Crippen molar-refractivity contribution in [3.63, 3.8) is 0 Å². The summed E-state index contributed by atoms with van der Waals surface area (Å²) in [6.07, 6.45) is 1.46. The summed E-state index contributed by atoms with van der Waals surface area (Å²) in [5.74, 6) is 1.12. The monoisotopic (exact) mass is 428 g/mol. The summed E-state index contributed by atoms with van der Waals surface area (Å²) < 4.78 is 31.3. The van der Waals surface area contributed by atoms with Crippen LogP contribution in [0.4, 0.5) is 11.5 Å². The number of benzene rings is 2. The van der Waals surface area contributed by atoms with E-state index in [1.54, 1.807) is 31.4 Å². The fourth-order valence-corrected chi connectivity index (χ4v) is 4.10. The Morgan fingerprint density at radius 1 is 1.10 bits per heavy atom. The van der Waals surface area contributed by atoms with Crippen molar-refractivity contribution in [2.24, 2.45) is 0 Å². The van der Waals surface area contributed by atoms with E-state index in [4.69, 9.17) is 9.84 Å². The normalized spacial score (nSPS) is 11.5. The van der Waals surface area contributed by atoms with Gasteiger partial charge in [-0.15, -0.1) is 0 Å². The maximum absolute atomic E-state index is 12.4. The van der Waals surface area contributed by atoms with Crippen molar-refractivity contribution in [1.82, 2.24) is 14.3 Å². The zero-order valence-corrected chi connectivity index (χ0v) is 17.6. The highest BCUT2D eigenvalue weighted by molar-refractivity contribution is 7.88. The third-order valence-corrected chi connectivity index (χ3v) is 6.32. The van der Waals surface area contributed by atoms with E-state index < -0.39 is 10.0 Å². The second-order valence-electron chi connectivity index (χ2n) is 6.62. The molecule has 1 heterocycles. The maximum atomic E-state index is 12.4. The minimum Gasteiger partial charge on any atom is -0.496 e. The van der Waals surface area contributed by atoms with Gasteiger partial charge in [0.05, 0.1) is 25.2 Å². The van der Waals surface area contributed by atoms with Crippen molar-refractivity contribution in [3.05, 3.63) is 66.5 Å². The molecule has 2 N–H and O–H groups in total. The molecule has 0 aliphatic heterocycles. The highest BCUT2D eigenvalue weighted by atomic mass is 32.2. The van der Waals surface area contributed by atoms with E-state index in [1.807, 2.05) is 30.3 Å². The molecule has 8 nitrogen and oxygen atoms in total. The van der Waals surface area contributed by atoms with Crippen molar-refractivity contribution >= 4 is 21.5 Å². The Balaban J connectivity index is 1.80. The molecule has 0 aliphatic carbocycles. The number of para-hydroxylation sites is 1. The van der Waals surface area contributed by atoms with Crippen molar-refractivity contribution in [2.45, 2.75) is 5.75 Å². The summed E-state index contributed by atoms with van der Waals surface area (Å²) >= 11 is 0. The molecule has 0 bridgehead atoms. The van der Waals surface area contributed by atoms with E-state index in [0.717, 1.165) is 9.87 Å². The Kier molecular flexibility index (Phi) is 6.99. The predicted octanol–water partition coefficient (Wildman–Crippen LogP) is 2.65. The molecule has 0 amide bonds. The number of methoxy groups -OCH3 is 1. The van der Waals surface area contributed by atoms with Gasteiger partial charge in [-0.3, -0.25) is 0 Å². The number of sulfonamides is 1. The topological polar surface area (TPSA) is 105 Å². The van der Waals surface area contributed by atoms with Crippen molar-refractivity contribution in [3.8, 4) is 17.0 Å². The lowest BCUT2D eigenvalue weighted by Crippen LogP contribution is -2.30. The van der Waals surface area contributed by atoms with Gasteiger partial charge < -0.3 is 15.2 Å². The van der Waals surface area contributed by atoms with Crippen LogP contribution in [0.3, 0.4) is 0 Å². The van der Waals surface area contributed by atoms with Crippen LogP contribution in [0.5, 0.6) is 5.75 Å². The lowest BCUT2D eigenvalue weighted by molar-refractivity contribution is 0.266. The molecule has 9 heteroatoms. The lowest BCUT2D eigenvalue weighted by atomic mass is 10.1. The molecule has 0 aliphatic rings. The van der Waals surface area contributed by atoms with Gasteiger partial charge in [-0.2, -0.15) is 0 Å². The third-order valence-electron chi connectivity index (χ3n) is 4.49. The Hall–Kier alpha value is -3.01. The van der Waals surface area contributed by atoms with Crippen LogP contribution in [0.15, 0.2) is 60.9 Å². The van der Waals surface area contributed by atoms with Gasteiger partial charge in [0.15, 0.2) is 0 Å². The molecule has 3 aromatic rings. The van der Waals surface area contributed by atoms with Crippen LogP contribution in [0.1, 0.15) is 5.56 Å². The number of rotatable bonds is 9. The second-order valence-corrected chi connectivity index (χ2v) is 8.69. The number of hydrogen-bond acceptors (Lipinski definition) is 7. The van der Waals surface area contributed by atoms with Crippen molar-refractivity contribution < 1.29 is 18.3 Å². The molecule has 0 fully saturated rings. The maximum Gasteiger partial charge on any atom is 0.218 e. The van der Waals surface area contributed by atoms with Crippen LogP contribution in [-0.2, 0) is 15.8 Å². The molecular formula is C21H24N4O4S. The van der Waals surface area contributed by atoms with Gasteiger partial charge in [-0.1, -0.05) is 24.3 Å². The van der Waals surface area contributed by atoms with Gasteiger partial charge in [0, 0.05) is 30.9 Å². The van der Waals surface area contributed by atoms with Gasteiger partial charge in [0.2, 0.25) is 10.0 Å². The van der Waals surface area contributed by atoms with E-state index in [2.05, 4.69) is 15.3 Å². The Morgan fingerprint density at radius 3 is 2.67 bits per heavy atom. The molecule has 0 atom stereocenters. The van der Waals surface area contributed by atoms with Crippen LogP contribution in [0.2, 0.25) is 0 Å². The Bertz CT molecular complexity index is 1110. The van der Waals surface area contributed by atoms with Crippen LogP contribution >= 0.6 is 0 Å². The largest absolute Gasteiger partial charge is 0.496 e. The first-order chi connectivity index (χ1) is 14.4. The molecule has 158 valence electrons. The minimum atomic E-state index is -3.51. The highest BCUT2D eigenvalue weighted by Gasteiger charge is 2.18. The molecule has 0 spiro atoms. The SMILES string of the molecule is COc1ccccc1-c1cc(Nc2cccc(CS(=O)(=O)N(C)CCO)c2)ncn1. The zero-order valence-electron chi connectivity index (χ0n) is 16.8. The van der Waals surface area contributed by atoms with E-state index in [-0.39, 0.29) is 18.9 Å². The van der Waals surface area contributed by atoms with Gasteiger partial charge in [0.1, 0.15) is 17.9 Å². The zero-order chi connectivity index (χ0) is 21.6. The number of hydrogen-bond donors (Lipinski definition) is 2. The molecule has 0 unspecified atom stereocenters. The third kappa shape index (κ3) is 5.32. The number of nitrogens with one attached hydrogen (secondary N) is 1. The Morgan fingerprint density at radius 2 is 1.90 bits per heavy atom. The number of aliphatic hydroxyl groups is 1. The standard InChI is InChI=1S/C21H24N4O4S/c1-25(10-11-26)30(27,28)14-16-6-5-7-17(12-16)24-21-13-19(22-15-23-21)18-8-3-4-9-20(18)29-2/h3-9,12-13,15,26H,10-11,14H2,1-2H3,(H,22,23,24).